The Bertz CT molecular complexity index is 595. The number of nitrogen functional groups attached to an aromatic ring is 1. The van der Waals surface area contributed by atoms with Crippen LogP contribution in [0.15, 0.2) is 54.6 Å². The van der Waals surface area contributed by atoms with Gasteiger partial charge >= 0.3 is 0 Å². The van der Waals surface area contributed by atoms with E-state index in [0.29, 0.717) is 5.69 Å². The summed E-state index contributed by atoms with van der Waals surface area (Å²) >= 11 is 0. The van der Waals surface area contributed by atoms with Gasteiger partial charge in [-0.1, -0.05) is 56.7 Å². The summed E-state index contributed by atoms with van der Waals surface area (Å²) in [7, 11) is 0. The molecule has 2 rings (SSSR count). The Morgan fingerprint density at radius 1 is 1.14 bits per heavy atom. The fraction of sp³-hybridized carbons (Fsp3) is 0.278. The van der Waals surface area contributed by atoms with Gasteiger partial charge in [-0.15, -0.1) is 0 Å². The van der Waals surface area contributed by atoms with Gasteiger partial charge in [-0.3, -0.25) is 4.79 Å². The van der Waals surface area contributed by atoms with E-state index in [1.54, 1.807) is 12.1 Å². The molecule has 3 heteroatoms. The molecule has 110 valence electrons. The molecule has 3 N–H and O–H groups in total. The smallest absolute Gasteiger partial charge is 0.232 e. The third-order valence-electron chi connectivity index (χ3n) is 3.81. The van der Waals surface area contributed by atoms with Gasteiger partial charge in [-0.25, -0.2) is 0 Å². The zero-order chi connectivity index (χ0) is 15.2. The second-order valence-corrected chi connectivity index (χ2v) is 5.39. The molecule has 2 aromatic carbocycles. The van der Waals surface area contributed by atoms with Crippen LogP contribution in [0.3, 0.4) is 0 Å². The predicted octanol–water partition coefficient (Wildman–Crippen LogP) is 4.04. The molecule has 0 saturated heterocycles. The molecule has 0 saturated carbocycles. The van der Waals surface area contributed by atoms with Gasteiger partial charge in [-0.2, -0.15) is 0 Å². The van der Waals surface area contributed by atoms with E-state index in [9.17, 15) is 4.79 Å². The molecule has 3 nitrogen and oxygen atoms in total. The number of nitrogens with two attached hydrogens (primary N) is 1. The van der Waals surface area contributed by atoms with Crippen molar-refractivity contribution in [2.75, 3.05) is 11.1 Å². The number of benzene rings is 2. The van der Waals surface area contributed by atoms with E-state index in [1.807, 2.05) is 42.5 Å². The molecule has 0 heterocycles. The number of hydrogen-bond donors (Lipinski definition) is 2. The predicted molar refractivity (Wildman–Crippen MR) is 88.1 cm³/mol. The van der Waals surface area contributed by atoms with E-state index in [2.05, 4.69) is 19.2 Å². The quantitative estimate of drug-likeness (QED) is 0.813. The summed E-state index contributed by atoms with van der Waals surface area (Å²) < 4.78 is 0. The van der Waals surface area contributed by atoms with Gasteiger partial charge in [0.05, 0.1) is 5.92 Å². The fourth-order valence-corrected chi connectivity index (χ4v) is 2.47. The average Bonchev–Trinajstić information content (AvgIpc) is 2.48. The lowest BCUT2D eigenvalue weighted by Crippen LogP contribution is -2.26. The summed E-state index contributed by atoms with van der Waals surface area (Å²) in [5.74, 6) is 0.132. The fourth-order valence-electron chi connectivity index (χ4n) is 2.47. The first-order valence-electron chi connectivity index (χ1n) is 7.33. The van der Waals surface area contributed by atoms with Gasteiger partial charge in [0.2, 0.25) is 5.91 Å². The number of carbonyl (C=O) groups excluding carboxylic acids is 1. The molecule has 0 spiro atoms. The lowest BCUT2D eigenvalue weighted by Gasteiger charge is -2.23. The van der Waals surface area contributed by atoms with Crippen molar-refractivity contribution in [3.05, 3.63) is 60.2 Å². The molecule has 0 aliphatic rings. The number of hydrogen-bond acceptors (Lipinski definition) is 2. The maximum absolute atomic E-state index is 12.7. The Morgan fingerprint density at radius 2 is 1.86 bits per heavy atom. The summed E-state index contributed by atoms with van der Waals surface area (Å²) in [6.45, 7) is 4.21. The minimum absolute atomic E-state index is 0.0150. The minimum Gasteiger partial charge on any atom is -0.399 e. The highest BCUT2D eigenvalue weighted by molar-refractivity contribution is 5.96. The van der Waals surface area contributed by atoms with Gasteiger partial charge in [0.1, 0.15) is 0 Å². The standard InChI is InChI=1S/C18H22N2O/c1-3-13(2)17(14-8-5-4-6-9-14)18(21)20-16-11-7-10-15(19)12-16/h4-13,17H,3,19H2,1-2H3,(H,20,21). The highest BCUT2D eigenvalue weighted by atomic mass is 16.1. The maximum Gasteiger partial charge on any atom is 0.232 e. The van der Waals surface area contributed by atoms with Crippen LogP contribution in [0.5, 0.6) is 0 Å². The highest BCUT2D eigenvalue weighted by Crippen LogP contribution is 2.28. The van der Waals surface area contributed by atoms with Gasteiger partial charge in [0.15, 0.2) is 0 Å². The number of amides is 1. The van der Waals surface area contributed by atoms with Crippen LogP contribution >= 0.6 is 0 Å². The van der Waals surface area contributed by atoms with E-state index in [0.717, 1.165) is 17.7 Å². The van der Waals surface area contributed by atoms with Crippen LogP contribution in [0.4, 0.5) is 11.4 Å². The second kappa shape index (κ2) is 6.93. The zero-order valence-electron chi connectivity index (χ0n) is 12.5. The number of nitrogens with one attached hydrogen (secondary N) is 1. The highest BCUT2D eigenvalue weighted by Gasteiger charge is 2.25. The van der Waals surface area contributed by atoms with Gasteiger partial charge in [0, 0.05) is 11.4 Å². The van der Waals surface area contributed by atoms with Crippen molar-refractivity contribution >= 4 is 17.3 Å². The van der Waals surface area contributed by atoms with E-state index in [1.165, 1.54) is 0 Å². The topological polar surface area (TPSA) is 55.1 Å². The average molecular weight is 282 g/mol. The molecule has 0 bridgehead atoms. The van der Waals surface area contributed by atoms with E-state index >= 15 is 0 Å². The van der Waals surface area contributed by atoms with Crippen molar-refractivity contribution in [3.63, 3.8) is 0 Å². The number of carbonyl (C=O) groups is 1. The summed E-state index contributed by atoms with van der Waals surface area (Å²) in [5.41, 5.74) is 8.19. The van der Waals surface area contributed by atoms with Gasteiger partial charge in [-0.05, 0) is 29.7 Å². The van der Waals surface area contributed by atoms with Crippen LogP contribution in [0.1, 0.15) is 31.7 Å². The maximum atomic E-state index is 12.7. The summed E-state index contributed by atoms with van der Waals surface area (Å²) in [6.07, 6.45) is 0.948. The third kappa shape index (κ3) is 3.85. The molecule has 0 fully saturated rings. The molecule has 0 aromatic heterocycles. The Kier molecular flexibility index (Phi) is 4.99. The number of anilines is 2. The third-order valence-corrected chi connectivity index (χ3v) is 3.81. The molecule has 1 amide bonds. The molecule has 0 aliphatic carbocycles. The van der Waals surface area contributed by atoms with Crippen LogP contribution < -0.4 is 11.1 Å². The van der Waals surface area contributed by atoms with Crippen LogP contribution in [-0.4, -0.2) is 5.91 Å². The Hall–Kier alpha value is -2.29. The van der Waals surface area contributed by atoms with E-state index < -0.39 is 0 Å². The summed E-state index contributed by atoms with van der Waals surface area (Å²) in [4.78, 5) is 12.7. The minimum atomic E-state index is -0.155. The van der Waals surface area contributed by atoms with Crippen molar-refractivity contribution in [2.24, 2.45) is 5.92 Å². The summed E-state index contributed by atoms with van der Waals surface area (Å²) in [6, 6.07) is 17.2. The zero-order valence-corrected chi connectivity index (χ0v) is 12.5. The SMILES string of the molecule is CCC(C)C(C(=O)Nc1cccc(N)c1)c1ccccc1. The molecule has 0 radical (unpaired) electrons. The molecule has 2 unspecified atom stereocenters. The van der Waals surface area contributed by atoms with Crippen LogP contribution in [0.25, 0.3) is 0 Å². The summed E-state index contributed by atoms with van der Waals surface area (Å²) in [5, 5.41) is 2.98. The monoisotopic (exact) mass is 282 g/mol. The Labute approximate surface area is 126 Å². The van der Waals surface area contributed by atoms with E-state index in [4.69, 9.17) is 5.73 Å². The van der Waals surface area contributed by atoms with Crippen molar-refractivity contribution in [1.29, 1.82) is 0 Å². The molecular formula is C18H22N2O. The van der Waals surface area contributed by atoms with Gasteiger partial charge in [0.25, 0.3) is 0 Å². The molecular weight excluding hydrogens is 260 g/mol. The van der Waals surface area contributed by atoms with Crippen LogP contribution in [0, 0.1) is 5.92 Å². The largest absolute Gasteiger partial charge is 0.399 e. The Balaban J connectivity index is 2.23. The molecule has 21 heavy (non-hydrogen) atoms. The first-order valence-corrected chi connectivity index (χ1v) is 7.33. The molecule has 2 aromatic rings. The lowest BCUT2D eigenvalue weighted by atomic mass is 9.85. The normalized spacial score (nSPS) is 13.4. The van der Waals surface area contributed by atoms with Gasteiger partial charge < -0.3 is 11.1 Å². The van der Waals surface area contributed by atoms with Crippen LogP contribution in [0.2, 0.25) is 0 Å². The number of rotatable bonds is 5. The van der Waals surface area contributed by atoms with Crippen molar-refractivity contribution < 1.29 is 4.79 Å². The van der Waals surface area contributed by atoms with Crippen molar-refractivity contribution in [2.45, 2.75) is 26.2 Å². The van der Waals surface area contributed by atoms with Crippen LogP contribution in [-0.2, 0) is 4.79 Å². The molecule has 2 atom stereocenters. The lowest BCUT2D eigenvalue weighted by molar-refractivity contribution is -0.118. The van der Waals surface area contributed by atoms with Crippen molar-refractivity contribution in [3.8, 4) is 0 Å². The van der Waals surface area contributed by atoms with Crippen molar-refractivity contribution in [1.82, 2.24) is 0 Å². The second-order valence-electron chi connectivity index (χ2n) is 5.39. The van der Waals surface area contributed by atoms with E-state index in [-0.39, 0.29) is 17.7 Å². The first-order chi connectivity index (χ1) is 10.1. The molecule has 0 aliphatic heterocycles. The first kappa shape index (κ1) is 15.1. The Morgan fingerprint density at radius 3 is 2.48 bits per heavy atom.